The molecule has 0 saturated heterocycles. The molecule has 1 unspecified atom stereocenters. The maximum atomic E-state index is 11.9. The molecule has 1 atom stereocenters. The first kappa shape index (κ1) is 15.8. The second-order valence-electron chi connectivity index (χ2n) is 6.24. The van der Waals surface area contributed by atoms with Crippen LogP contribution in [-0.4, -0.2) is 27.9 Å². The van der Waals surface area contributed by atoms with Gasteiger partial charge < -0.3 is 5.73 Å². The van der Waals surface area contributed by atoms with Gasteiger partial charge in [0.15, 0.2) is 0 Å². The average molecular weight is 371 g/mol. The topological polar surface area (TPSA) is 93.6 Å². The van der Waals surface area contributed by atoms with Crippen molar-refractivity contribution in [3.63, 3.8) is 0 Å². The number of anilines is 1. The van der Waals surface area contributed by atoms with Crippen LogP contribution in [0.2, 0.25) is 0 Å². The van der Waals surface area contributed by atoms with Gasteiger partial charge in [0.05, 0.1) is 21.4 Å². The molecule has 0 radical (unpaired) electrons. The molecule has 3 aromatic rings. The highest BCUT2D eigenvalue weighted by Gasteiger charge is 2.26. The lowest BCUT2D eigenvalue weighted by Gasteiger charge is -2.18. The van der Waals surface area contributed by atoms with Gasteiger partial charge in [-0.05, 0) is 23.8 Å². The number of thiazole rings is 1. The van der Waals surface area contributed by atoms with Crippen LogP contribution in [0.1, 0.15) is 5.56 Å². The third-order valence-electron chi connectivity index (χ3n) is 4.65. The van der Waals surface area contributed by atoms with Crippen molar-refractivity contribution in [2.45, 2.75) is 0 Å². The van der Waals surface area contributed by atoms with E-state index in [0.29, 0.717) is 11.5 Å². The summed E-state index contributed by atoms with van der Waals surface area (Å²) in [5.41, 5.74) is 13.3. The Morgan fingerprint density at radius 3 is 3.00 bits per heavy atom. The van der Waals surface area contributed by atoms with Gasteiger partial charge in [-0.1, -0.05) is 24.3 Å². The summed E-state index contributed by atoms with van der Waals surface area (Å²) in [5, 5.41) is 0. The lowest BCUT2D eigenvalue weighted by molar-refractivity contribution is -0.118. The van der Waals surface area contributed by atoms with E-state index in [0.717, 1.165) is 32.5 Å². The molecule has 2 aromatic heterocycles. The third kappa shape index (κ3) is 2.60. The van der Waals surface area contributed by atoms with Gasteiger partial charge in [0.2, 0.25) is 0 Å². The van der Waals surface area contributed by atoms with Gasteiger partial charge in [0, 0.05) is 22.9 Å². The minimum atomic E-state index is -0.415. The SMILES string of the molecule is Nc1ncc(-c2cccc3ncsc23)cc1C1=CC2=NC=NC(=O)C2C=C1. The number of hydrogen-bond donors (Lipinski definition) is 1. The highest BCUT2D eigenvalue weighted by Crippen LogP contribution is 2.34. The van der Waals surface area contributed by atoms with Crippen molar-refractivity contribution in [3.05, 3.63) is 59.8 Å². The fraction of sp³-hybridized carbons (Fsp3) is 0.0500. The molecular weight excluding hydrogens is 358 g/mol. The van der Waals surface area contributed by atoms with Gasteiger partial charge in [-0.3, -0.25) is 4.79 Å². The number of carbonyl (C=O) groups is 1. The summed E-state index contributed by atoms with van der Waals surface area (Å²) in [4.78, 5) is 28.6. The second-order valence-corrected chi connectivity index (χ2v) is 7.09. The van der Waals surface area contributed by atoms with Gasteiger partial charge in [0.25, 0.3) is 5.91 Å². The molecule has 3 heterocycles. The van der Waals surface area contributed by atoms with Gasteiger partial charge >= 0.3 is 0 Å². The fourth-order valence-electron chi connectivity index (χ4n) is 3.29. The zero-order valence-corrected chi connectivity index (χ0v) is 14.9. The van der Waals surface area contributed by atoms with Crippen LogP contribution < -0.4 is 5.73 Å². The van der Waals surface area contributed by atoms with Crippen LogP contribution in [0.3, 0.4) is 0 Å². The van der Waals surface area contributed by atoms with Crippen LogP contribution in [-0.2, 0) is 4.79 Å². The van der Waals surface area contributed by atoms with E-state index in [9.17, 15) is 4.79 Å². The predicted octanol–water partition coefficient (Wildman–Crippen LogP) is 3.52. The molecule has 6 nitrogen and oxygen atoms in total. The van der Waals surface area contributed by atoms with Crippen molar-refractivity contribution in [2.75, 3.05) is 5.73 Å². The van der Waals surface area contributed by atoms with E-state index in [-0.39, 0.29) is 5.91 Å². The van der Waals surface area contributed by atoms with Crippen molar-refractivity contribution in [1.29, 1.82) is 0 Å². The van der Waals surface area contributed by atoms with E-state index in [2.05, 4.69) is 26.0 Å². The monoisotopic (exact) mass is 371 g/mol. The van der Waals surface area contributed by atoms with Gasteiger partial charge in [-0.25, -0.2) is 20.0 Å². The highest BCUT2D eigenvalue weighted by atomic mass is 32.1. The number of aliphatic imine (C=N–C) groups is 2. The summed E-state index contributed by atoms with van der Waals surface area (Å²) in [5.74, 6) is -0.189. The Kier molecular flexibility index (Phi) is 3.54. The van der Waals surface area contributed by atoms with Crippen LogP contribution in [0.15, 0.2) is 64.2 Å². The van der Waals surface area contributed by atoms with Gasteiger partial charge in [-0.15, -0.1) is 11.3 Å². The number of amides is 1. The Morgan fingerprint density at radius 1 is 1.15 bits per heavy atom. The summed E-state index contributed by atoms with van der Waals surface area (Å²) >= 11 is 1.60. The molecule has 0 spiro atoms. The van der Waals surface area contributed by atoms with E-state index < -0.39 is 5.92 Å². The molecule has 5 rings (SSSR count). The van der Waals surface area contributed by atoms with E-state index in [1.54, 1.807) is 17.5 Å². The molecule has 1 aromatic carbocycles. The van der Waals surface area contributed by atoms with Crippen LogP contribution in [0.25, 0.3) is 26.9 Å². The fourth-order valence-corrected chi connectivity index (χ4v) is 4.12. The number of rotatable bonds is 2. The predicted molar refractivity (Wildman–Crippen MR) is 109 cm³/mol. The standard InChI is InChI=1S/C20H13N5OS/c21-19-15(11-4-5-14-17(7-11)23-9-24-20(14)26)6-12(8-22-19)13-2-1-3-16-18(13)27-10-25-16/h1-10,14H,(H2,21,22). The molecule has 1 aliphatic heterocycles. The first-order valence-corrected chi connectivity index (χ1v) is 9.21. The summed E-state index contributed by atoms with van der Waals surface area (Å²) in [6.07, 6.45) is 8.63. The number of nitrogen functional groups attached to an aromatic ring is 1. The smallest absolute Gasteiger partial charge is 0.260 e. The first-order chi connectivity index (χ1) is 13.2. The van der Waals surface area contributed by atoms with Crippen LogP contribution in [0.4, 0.5) is 5.82 Å². The van der Waals surface area contributed by atoms with E-state index in [1.807, 2.05) is 41.9 Å². The molecule has 27 heavy (non-hydrogen) atoms. The Morgan fingerprint density at radius 2 is 2.07 bits per heavy atom. The van der Waals surface area contributed by atoms with Crippen molar-refractivity contribution in [1.82, 2.24) is 9.97 Å². The van der Waals surface area contributed by atoms with Crippen LogP contribution >= 0.6 is 11.3 Å². The van der Waals surface area contributed by atoms with Gasteiger partial charge in [-0.2, -0.15) is 0 Å². The molecule has 1 amide bonds. The number of nitrogens with two attached hydrogens (primary N) is 1. The summed E-state index contributed by atoms with van der Waals surface area (Å²) < 4.78 is 1.11. The molecule has 0 saturated carbocycles. The van der Waals surface area contributed by atoms with Crippen molar-refractivity contribution >= 4 is 50.9 Å². The minimum absolute atomic E-state index is 0.205. The van der Waals surface area contributed by atoms with Crippen LogP contribution in [0, 0.1) is 5.92 Å². The lowest BCUT2D eigenvalue weighted by atomic mass is 9.90. The second kappa shape index (κ2) is 6.07. The highest BCUT2D eigenvalue weighted by molar-refractivity contribution is 7.17. The summed E-state index contributed by atoms with van der Waals surface area (Å²) in [6.45, 7) is 0. The van der Waals surface area contributed by atoms with E-state index in [1.165, 1.54) is 6.34 Å². The number of carbonyl (C=O) groups excluding carboxylic acids is 1. The maximum Gasteiger partial charge on any atom is 0.260 e. The van der Waals surface area contributed by atoms with Crippen molar-refractivity contribution in [2.24, 2.45) is 15.9 Å². The Bertz CT molecular complexity index is 1220. The molecule has 7 heteroatoms. The molecule has 2 aliphatic rings. The van der Waals surface area contributed by atoms with E-state index in [4.69, 9.17) is 5.73 Å². The number of hydrogen-bond acceptors (Lipinski definition) is 6. The van der Waals surface area contributed by atoms with E-state index >= 15 is 0 Å². The number of aromatic nitrogens is 2. The summed E-state index contributed by atoms with van der Waals surface area (Å²) in [6, 6.07) is 8.05. The third-order valence-corrected chi connectivity index (χ3v) is 5.52. The maximum absolute atomic E-state index is 11.9. The van der Waals surface area contributed by atoms with Gasteiger partial charge in [0.1, 0.15) is 18.1 Å². The molecule has 0 fully saturated rings. The van der Waals surface area contributed by atoms with Crippen molar-refractivity contribution < 1.29 is 4.79 Å². The molecule has 2 N–H and O–H groups in total. The minimum Gasteiger partial charge on any atom is -0.383 e. The largest absolute Gasteiger partial charge is 0.383 e. The number of nitrogens with zero attached hydrogens (tertiary/aromatic N) is 4. The summed E-state index contributed by atoms with van der Waals surface area (Å²) in [7, 11) is 0. The van der Waals surface area contributed by atoms with Crippen LogP contribution in [0.5, 0.6) is 0 Å². The quantitative estimate of drug-likeness (QED) is 0.746. The molecule has 1 aliphatic carbocycles. The molecule has 0 bridgehead atoms. The number of fused-ring (bicyclic) bond motifs is 2. The Balaban J connectivity index is 1.62. The first-order valence-electron chi connectivity index (χ1n) is 8.33. The average Bonchev–Trinajstić information content (AvgIpc) is 3.17. The zero-order valence-electron chi connectivity index (χ0n) is 14.0. The normalized spacial score (nSPS) is 18.4. The number of pyridine rings is 1. The lowest BCUT2D eigenvalue weighted by Crippen LogP contribution is -2.24. The molecule has 130 valence electrons. The Hall–Kier alpha value is -3.45. The van der Waals surface area contributed by atoms with Crippen molar-refractivity contribution in [3.8, 4) is 11.1 Å². The molecular formula is C20H13N5OS. The Labute approximate surface area is 158 Å². The number of allylic oxidation sites excluding steroid dienone is 3. The number of benzene rings is 1. The zero-order chi connectivity index (χ0) is 18.4.